The fourth-order valence-corrected chi connectivity index (χ4v) is 5.05. The van der Waals surface area contributed by atoms with Crippen LogP contribution in [0.5, 0.6) is 17.2 Å². The van der Waals surface area contributed by atoms with Crippen LogP contribution in [0.15, 0.2) is 47.6 Å². The molecule has 7 nitrogen and oxygen atoms in total. The molecule has 182 valence electrons. The number of hydrogen-bond acceptors (Lipinski definition) is 6. The highest BCUT2D eigenvalue weighted by Crippen LogP contribution is 2.39. The molecular formula is C27H35N3O4. The van der Waals surface area contributed by atoms with Crippen LogP contribution in [0.2, 0.25) is 0 Å². The van der Waals surface area contributed by atoms with Gasteiger partial charge in [-0.3, -0.25) is 9.69 Å². The van der Waals surface area contributed by atoms with Crippen molar-refractivity contribution in [2.75, 3.05) is 34.9 Å². The second-order valence-corrected chi connectivity index (χ2v) is 9.02. The summed E-state index contributed by atoms with van der Waals surface area (Å²) in [5.41, 5.74) is 2.71. The smallest absolute Gasteiger partial charge is 0.257 e. The summed E-state index contributed by atoms with van der Waals surface area (Å²) >= 11 is 0. The molecule has 1 atom stereocenters. The highest BCUT2D eigenvalue weighted by molar-refractivity contribution is 6.03. The van der Waals surface area contributed by atoms with E-state index in [-0.39, 0.29) is 11.9 Å². The fraction of sp³-hybridized carbons (Fsp3) is 0.481. The molecule has 7 heteroatoms. The summed E-state index contributed by atoms with van der Waals surface area (Å²) in [6.45, 7) is 0.346. The van der Waals surface area contributed by atoms with Crippen molar-refractivity contribution >= 4 is 11.6 Å². The summed E-state index contributed by atoms with van der Waals surface area (Å²) in [5.74, 6) is 2.06. The molecule has 34 heavy (non-hydrogen) atoms. The van der Waals surface area contributed by atoms with Crippen LogP contribution in [0.25, 0.3) is 0 Å². The summed E-state index contributed by atoms with van der Waals surface area (Å²) in [4.78, 5) is 15.8. The maximum atomic E-state index is 13.6. The molecule has 0 radical (unpaired) electrons. The first-order valence-electron chi connectivity index (χ1n) is 12.0. The quantitative estimate of drug-likeness (QED) is 0.568. The lowest BCUT2D eigenvalue weighted by molar-refractivity contribution is -0.134. The number of carbonyl (C=O) groups excluding carboxylic acids is 1. The number of ether oxygens (including phenoxy) is 3. The molecule has 0 saturated heterocycles. The average molecular weight is 466 g/mol. The molecule has 1 unspecified atom stereocenters. The van der Waals surface area contributed by atoms with E-state index >= 15 is 0 Å². The van der Waals surface area contributed by atoms with Crippen molar-refractivity contribution in [2.45, 2.75) is 50.6 Å². The Bertz CT molecular complexity index is 1030. The van der Waals surface area contributed by atoms with Crippen molar-refractivity contribution in [3.8, 4) is 17.2 Å². The SMILES string of the molecule is COc1ccc(C2=NN(C(=O)CN(C)C3CCCCC3)C(c3ccccc3OC)C2)cc1OC. The maximum absolute atomic E-state index is 13.6. The Morgan fingerprint density at radius 3 is 2.38 bits per heavy atom. The molecule has 4 rings (SSSR count). The van der Waals surface area contributed by atoms with Gasteiger partial charge >= 0.3 is 0 Å². The van der Waals surface area contributed by atoms with Crippen molar-refractivity contribution in [1.82, 2.24) is 9.91 Å². The van der Waals surface area contributed by atoms with Gasteiger partial charge in [0.25, 0.3) is 5.91 Å². The maximum Gasteiger partial charge on any atom is 0.257 e. The van der Waals surface area contributed by atoms with E-state index < -0.39 is 0 Å². The lowest BCUT2D eigenvalue weighted by atomic mass is 9.94. The van der Waals surface area contributed by atoms with Gasteiger partial charge in [0.05, 0.1) is 39.6 Å². The van der Waals surface area contributed by atoms with Gasteiger partial charge in [-0.2, -0.15) is 5.10 Å². The number of carbonyl (C=O) groups is 1. The molecule has 1 saturated carbocycles. The first-order chi connectivity index (χ1) is 16.5. The third kappa shape index (κ3) is 5.04. The van der Waals surface area contributed by atoms with Gasteiger partial charge in [0.15, 0.2) is 11.5 Å². The van der Waals surface area contributed by atoms with Gasteiger partial charge in [0.2, 0.25) is 0 Å². The minimum atomic E-state index is -0.230. The summed E-state index contributed by atoms with van der Waals surface area (Å²) in [5, 5.41) is 6.50. The Morgan fingerprint density at radius 2 is 1.68 bits per heavy atom. The summed E-state index contributed by atoms with van der Waals surface area (Å²) in [7, 11) is 6.95. The van der Waals surface area contributed by atoms with Crippen LogP contribution in [0.1, 0.15) is 55.7 Å². The van der Waals surface area contributed by atoms with E-state index in [1.807, 2.05) is 42.5 Å². The third-order valence-corrected chi connectivity index (χ3v) is 6.96. The number of benzene rings is 2. The Kier molecular flexibility index (Phi) is 7.73. The highest BCUT2D eigenvalue weighted by Gasteiger charge is 2.36. The molecule has 1 fully saturated rings. The van der Waals surface area contributed by atoms with E-state index in [9.17, 15) is 4.79 Å². The predicted octanol–water partition coefficient (Wildman–Crippen LogP) is 4.65. The molecule has 1 aliphatic heterocycles. The second-order valence-electron chi connectivity index (χ2n) is 9.02. The molecule has 1 aliphatic carbocycles. The predicted molar refractivity (Wildman–Crippen MR) is 133 cm³/mol. The number of methoxy groups -OCH3 is 3. The van der Waals surface area contributed by atoms with E-state index in [2.05, 4.69) is 11.9 Å². The number of amides is 1. The van der Waals surface area contributed by atoms with Gasteiger partial charge in [0.1, 0.15) is 5.75 Å². The number of rotatable bonds is 8. The van der Waals surface area contributed by atoms with E-state index in [0.717, 1.165) is 35.4 Å². The molecule has 2 aliphatic rings. The fourth-order valence-electron chi connectivity index (χ4n) is 5.05. The van der Waals surface area contributed by atoms with Crippen molar-refractivity contribution in [3.63, 3.8) is 0 Å². The molecule has 0 spiro atoms. The average Bonchev–Trinajstić information content (AvgIpc) is 3.34. The monoisotopic (exact) mass is 465 g/mol. The minimum absolute atomic E-state index is 0.000503. The van der Waals surface area contributed by atoms with Crippen LogP contribution in [0.4, 0.5) is 0 Å². The van der Waals surface area contributed by atoms with Crippen LogP contribution in [-0.4, -0.2) is 62.5 Å². The van der Waals surface area contributed by atoms with E-state index in [0.29, 0.717) is 30.5 Å². The second kappa shape index (κ2) is 10.9. The molecule has 0 aromatic heterocycles. The number of hydrogen-bond donors (Lipinski definition) is 0. The van der Waals surface area contributed by atoms with Crippen molar-refractivity contribution in [1.29, 1.82) is 0 Å². The van der Waals surface area contributed by atoms with Gasteiger partial charge in [-0.25, -0.2) is 5.01 Å². The molecule has 2 aromatic carbocycles. The van der Waals surface area contributed by atoms with Crippen LogP contribution in [0.3, 0.4) is 0 Å². The van der Waals surface area contributed by atoms with Gasteiger partial charge in [0, 0.05) is 23.6 Å². The van der Waals surface area contributed by atoms with Crippen molar-refractivity contribution < 1.29 is 19.0 Å². The molecule has 1 heterocycles. The first-order valence-corrected chi connectivity index (χ1v) is 12.0. The van der Waals surface area contributed by atoms with Crippen LogP contribution < -0.4 is 14.2 Å². The van der Waals surface area contributed by atoms with Crippen LogP contribution >= 0.6 is 0 Å². The zero-order chi connectivity index (χ0) is 24.1. The van der Waals surface area contributed by atoms with Gasteiger partial charge in [-0.15, -0.1) is 0 Å². The van der Waals surface area contributed by atoms with Crippen LogP contribution in [-0.2, 0) is 4.79 Å². The van der Waals surface area contributed by atoms with Crippen LogP contribution in [0, 0.1) is 0 Å². The third-order valence-electron chi connectivity index (χ3n) is 6.96. The van der Waals surface area contributed by atoms with Gasteiger partial charge in [-0.1, -0.05) is 37.5 Å². The van der Waals surface area contributed by atoms with Crippen molar-refractivity contribution in [3.05, 3.63) is 53.6 Å². The summed E-state index contributed by atoms with van der Waals surface area (Å²) < 4.78 is 16.5. The zero-order valence-corrected chi connectivity index (χ0v) is 20.6. The molecule has 2 aromatic rings. The van der Waals surface area contributed by atoms with E-state index in [4.69, 9.17) is 19.3 Å². The number of likely N-dealkylation sites (N-methyl/N-ethyl adjacent to an activating group) is 1. The normalized spacial score (nSPS) is 18.7. The molecule has 0 bridgehead atoms. The Balaban J connectivity index is 1.64. The lowest BCUT2D eigenvalue weighted by Gasteiger charge is -2.32. The zero-order valence-electron chi connectivity index (χ0n) is 20.6. The molecule has 1 amide bonds. The van der Waals surface area contributed by atoms with Gasteiger partial charge < -0.3 is 14.2 Å². The Morgan fingerprint density at radius 1 is 0.971 bits per heavy atom. The topological polar surface area (TPSA) is 63.6 Å². The first kappa shape index (κ1) is 24.1. The number of nitrogens with zero attached hydrogens (tertiary/aromatic N) is 3. The van der Waals surface area contributed by atoms with E-state index in [1.54, 1.807) is 26.3 Å². The Hall–Kier alpha value is -3.06. The number of hydrazone groups is 1. The molecule has 0 N–H and O–H groups in total. The highest BCUT2D eigenvalue weighted by atomic mass is 16.5. The molecular weight excluding hydrogens is 430 g/mol. The standard InChI is InChI=1S/C27H35N3O4/c1-29(20-10-6-5-7-11-20)18-27(31)30-23(21-12-8-9-13-24(21)32-2)17-22(28-30)19-14-15-25(33-3)26(16-19)34-4/h8-9,12-16,20,23H,5-7,10-11,17-18H2,1-4H3. The Labute approximate surface area is 202 Å². The van der Waals surface area contributed by atoms with Crippen molar-refractivity contribution in [2.24, 2.45) is 5.10 Å². The van der Waals surface area contributed by atoms with Gasteiger partial charge in [-0.05, 0) is 44.2 Å². The minimum Gasteiger partial charge on any atom is -0.496 e. The van der Waals surface area contributed by atoms with E-state index in [1.165, 1.54) is 19.3 Å². The number of para-hydroxylation sites is 1. The lowest BCUT2D eigenvalue weighted by Crippen LogP contribution is -2.42. The largest absolute Gasteiger partial charge is 0.496 e. The summed E-state index contributed by atoms with van der Waals surface area (Å²) in [6.07, 6.45) is 6.66. The summed E-state index contributed by atoms with van der Waals surface area (Å²) in [6, 6.07) is 13.8.